The molecule has 0 fully saturated rings. The molecular formula is C22H22F3N3O5. The predicted octanol–water partition coefficient (Wildman–Crippen LogP) is 3.82. The number of pyridine rings is 1. The molecule has 1 aromatic heterocycles. The smallest absolute Gasteiger partial charge is 0.433 e. The second-order valence-corrected chi connectivity index (χ2v) is 8.24. The second-order valence-electron chi connectivity index (χ2n) is 8.24. The van der Waals surface area contributed by atoms with Gasteiger partial charge in [-0.3, -0.25) is 14.4 Å². The number of nitrogens with zero attached hydrogens (tertiary/aromatic N) is 2. The van der Waals surface area contributed by atoms with Crippen LogP contribution in [-0.2, 0) is 17.5 Å². The Bertz CT molecular complexity index is 1110. The molecule has 0 aliphatic carbocycles. The standard InChI is InChI=1S/C22H22F3N3O5/c1-21(2,20(31)32)7-8-28-11-12-9-15(16(33-3)10-13(12)19(28)30)27-18(29)14-5-4-6-17(26-14)22(23,24)25/h4-6,9-10H,7-8,11H2,1-3H3,(H,27,29)(H,31,32). The minimum atomic E-state index is -4.69. The number of halogens is 3. The van der Waals surface area contributed by atoms with Crippen molar-refractivity contribution in [1.82, 2.24) is 9.88 Å². The number of methoxy groups -OCH3 is 1. The molecule has 0 radical (unpaired) electrons. The Morgan fingerprint density at radius 2 is 1.94 bits per heavy atom. The Labute approximate surface area is 187 Å². The molecule has 2 heterocycles. The van der Waals surface area contributed by atoms with Crippen LogP contribution in [0, 0.1) is 5.41 Å². The fourth-order valence-corrected chi connectivity index (χ4v) is 3.28. The minimum Gasteiger partial charge on any atom is -0.495 e. The molecule has 0 atom stereocenters. The van der Waals surface area contributed by atoms with E-state index in [1.165, 1.54) is 24.1 Å². The number of carbonyl (C=O) groups excluding carboxylic acids is 2. The van der Waals surface area contributed by atoms with Crippen LogP contribution in [-0.4, -0.2) is 46.4 Å². The maximum absolute atomic E-state index is 12.9. The van der Waals surface area contributed by atoms with Gasteiger partial charge in [-0.1, -0.05) is 6.07 Å². The molecule has 0 saturated carbocycles. The van der Waals surface area contributed by atoms with Gasteiger partial charge in [-0.25, -0.2) is 4.98 Å². The van der Waals surface area contributed by atoms with E-state index in [0.717, 1.165) is 18.2 Å². The number of aromatic nitrogens is 1. The second kappa shape index (κ2) is 8.72. The zero-order chi connectivity index (χ0) is 24.6. The lowest BCUT2D eigenvalue weighted by atomic mass is 9.89. The number of benzene rings is 1. The summed E-state index contributed by atoms with van der Waals surface area (Å²) in [6.45, 7) is 3.55. The number of carbonyl (C=O) groups is 3. The highest BCUT2D eigenvalue weighted by molar-refractivity contribution is 6.05. The van der Waals surface area contributed by atoms with Crippen molar-refractivity contribution in [1.29, 1.82) is 0 Å². The minimum absolute atomic E-state index is 0.148. The van der Waals surface area contributed by atoms with Crippen molar-refractivity contribution in [2.75, 3.05) is 19.0 Å². The van der Waals surface area contributed by atoms with Gasteiger partial charge in [0.15, 0.2) is 0 Å². The number of anilines is 1. The number of hydrogen-bond acceptors (Lipinski definition) is 5. The zero-order valence-electron chi connectivity index (χ0n) is 18.1. The first-order valence-electron chi connectivity index (χ1n) is 9.92. The number of carboxylic acids is 1. The summed E-state index contributed by atoms with van der Waals surface area (Å²) >= 11 is 0. The molecule has 2 amide bonds. The van der Waals surface area contributed by atoms with Gasteiger partial charge in [0.1, 0.15) is 17.1 Å². The van der Waals surface area contributed by atoms with Crippen molar-refractivity contribution in [3.05, 3.63) is 52.8 Å². The molecular weight excluding hydrogens is 443 g/mol. The quantitative estimate of drug-likeness (QED) is 0.644. The van der Waals surface area contributed by atoms with E-state index in [1.54, 1.807) is 13.8 Å². The Kier molecular flexibility index (Phi) is 6.35. The van der Waals surface area contributed by atoms with Crippen LogP contribution in [0.4, 0.5) is 18.9 Å². The van der Waals surface area contributed by atoms with Crippen molar-refractivity contribution >= 4 is 23.5 Å². The lowest BCUT2D eigenvalue weighted by Gasteiger charge is -2.23. The van der Waals surface area contributed by atoms with Crippen LogP contribution in [0.2, 0.25) is 0 Å². The summed E-state index contributed by atoms with van der Waals surface area (Å²) < 4.78 is 43.9. The van der Waals surface area contributed by atoms with Crippen LogP contribution in [0.1, 0.15) is 52.4 Å². The van der Waals surface area contributed by atoms with Crippen LogP contribution in [0.3, 0.4) is 0 Å². The number of nitrogens with one attached hydrogen (secondary N) is 1. The van der Waals surface area contributed by atoms with E-state index in [9.17, 15) is 32.7 Å². The van der Waals surface area contributed by atoms with Gasteiger partial charge in [-0.15, -0.1) is 0 Å². The third-order valence-corrected chi connectivity index (χ3v) is 5.41. The van der Waals surface area contributed by atoms with Gasteiger partial charge in [0.05, 0.1) is 18.2 Å². The molecule has 176 valence electrons. The van der Waals surface area contributed by atoms with E-state index in [0.29, 0.717) is 11.1 Å². The fraction of sp³-hybridized carbons (Fsp3) is 0.364. The van der Waals surface area contributed by atoms with Gasteiger partial charge >= 0.3 is 12.1 Å². The lowest BCUT2D eigenvalue weighted by molar-refractivity contribution is -0.147. The maximum Gasteiger partial charge on any atom is 0.433 e. The van der Waals surface area contributed by atoms with Gasteiger partial charge < -0.3 is 20.1 Å². The summed E-state index contributed by atoms with van der Waals surface area (Å²) in [6, 6.07) is 5.95. The van der Waals surface area contributed by atoms with E-state index in [1.807, 2.05) is 0 Å². The van der Waals surface area contributed by atoms with Gasteiger partial charge in [0, 0.05) is 18.7 Å². The Hall–Kier alpha value is -3.63. The number of carboxylic acid groups (broad SMARTS) is 1. The maximum atomic E-state index is 12.9. The predicted molar refractivity (Wildman–Crippen MR) is 111 cm³/mol. The summed E-state index contributed by atoms with van der Waals surface area (Å²) in [5.41, 5.74) is -1.55. The number of hydrogen-bond donors (Lipinski definition) is 2. The van der Waals surface area contributed by atoms with Crippen molar-refractivity contribution in [2.45, 2.75) is 33.0 Å². The summed E-state index contributed by atoms with van der Waals surface area (Å²) in [4.78, 5) is 41.5. The number of fused-ring (bicyclic) bond motifs is 1. The number of aliphatic carboxylic acids is 1. The third-order valence-electron chi connectivity index (χ3n) is 5.41. The van der Waals surface area contributed by atoms with Gasteiger partial charge in [0.25, 0.3) is 11.8 Å². The summed E-state index contributed by atoms with van der Waals surface area (Å²) in [7, 11) is 1.33. The molecule has 0 unspecified atom stereocenters. The third kappa shape index (κ3) is 5.07. The number of alkyl halides is 3. The van der Waals surface area contributed by atoms with Crippen LogP contribution in [0.5, 0.6) is 5.75 Å². The van der Waals surface area contributed by atoms with E-state index < -0.39 is 34.9 Å². The van der Waals surface area contributed by atoms with E-state index >= 15 is 0 Å². The number of rotatable bonds is 7. The molecule has 8 nitrogen and oxygen atoms in total. The lowest BCUT2D eigenvalue weighted by Crippen LogP contribution is -2.32. The van der Waals surface area contributed by atoms with Crippen LogP contribution in [0.15, 0.2) is 30.3 Å². The van der Waals surface area contributed by atoms with Gasteiger partial charge in [-0.05, 0) is 50.1 Å². The Morgan fingerprint density at radius 1 is 1.24 bits per heavy atom. The van der Waals surface area contributed by atoms with Crippen molar-refractivity contribution < 1.29 is 37.4 Å². The molecule has 11 heteroatoms. The Morgan fingerprint density at radius 3 is 2.55 bits per heavy atom. The highest BCUT2D eigenvalue weighted by Gasteiger charge is 2.34. The van der Waals surface area contributed by atoms with Crippen LogP contribution < -0.4 is 10.1 Å². The molecule has 2 aromatic rings. The Balaban J connectivity index is 1.81. The summed E-state index contributed by atoms with van der Waals surface area (Å²) in [5, 5.41) is 11.8. The molecule has 33 heavy (non-hydrogen) atoms. The number of ether oxygens (including phenoxy) is 1. The van der Waals surface area contributed by atoms with Crippen molar-refractivity contribution in [3.8, 4) is 5.75 Å². The fourth-order valence-electron chi connectivity index (χ4n) is 3.28. The van der Waals surface area contributed by atoms with Gasteiger partial charge in [-0.2, -0.15) is 13.2 Å². The summed E-state index contributed by atoms with van der Waals surface area (Å²) in [6.07, 6.45) is -4.45. The molecule has 2 N–H and O–H groups in total. The van der Waals surface area contributed by atoms with Crippen molar-refractivity contribution in [3.63, 3.8) is 0 Å². The van der Waals surface area contributed by atoms with Crippen LogP contribution in [0.25, 0.3) is 0 Å². The SMILES string of the molecule is COc1cc2c(cc1NC(=O)c1cccc(C(F)(F)F)n1)CN(CCC(C)(C)C(=O)O)C2=O. The highest BCUT2D eigenvalue weighted by atomic mass is 19.4. The first-order chi connectivity index (χ1) is 15.3. The highest BCUT2D eigenvalue weighted by Crippen LogP contribution is 2.35. The first kappa shape index (κ1) is 24.0. The topological polar surface area (TPSA) is 109 Å². The first-order valence-corrected chi connectivity index (χ1v) is 9.92. The number of amides is 2. The summed E-state index contributed by atoms with van der Waals surface area (Å²) in [5.74, 6) is -2.00. The normalized spacial score (nSPS) is 13.6. The van der Waals surface area contributed by atoms with Crippen LogP contribution >= 0.6 is 0 Å². The average Bonchev–Trinajstić information content (AvgIpc) is 3.05. The van der Waals surface area contributed by atoms with E-state index in [2.05, 4.69) is 10.3 Å². The monoisotopic (exact) mass is 465 g/mol. The van der Waals surface area contributed by atoms with E-state index in [-0.39, 0.29) is 36.9 Å². The van der Waals surface area contributed by atoms with E-state index in [4.69, 9.17) is 4.74 Å². The van der Waals surface area contributed by atoms with Crippen molar-refractivity contribution in [2.24, 2.45) is 5.41 Å². The molecule has 1 aliphatic heterocycles. The molecule has 0 saturated heterocycles. The molecule has 1 aromatic carbocycles. The molecule has 1 aliphatic rings. The molecule has 0 spiro atoms. The molecule has 0 bridgehead atoms. The van der Waals surface area contributed by atoms with Gasteiger partial charge in [0.2, 0.25) is 0 Å². The zero-order valence-corrected chi connectivity index (χ0v) is 18.1. The molecule has 3 rings (SSSR count). The largest absolute Gasteiger partial charge is 0.495 e. The average molecular weight is 465 g/mol.